The third kappa shape index (κ3) is 4.29. The molecule has 0 aliphatic carbocycles. The number of nitrogen functional groups attached to an aromatic ring is 1. The lowest BCUT2D eigenvalue weighted by atomic mass is 9.92. The van der Waals surface area contributed by atoms with Crippen LogP contribution in [0.3, 0.4) is 0 Å². The molecule has 0 aromatic carbocycles. The average molecular weight is 314 g/mol. The number of nitrogens with one attached hydrogen (secondary N) is 2. The van der Waals surface area contributed by atoms with E-state index in [9.17, 15) is 4.79 Å². The number of methoxy groups -OCH3 is 1. The van der Waals surface area contributed by atoms with Crippen LogP contribution in [0, 0.1) is 0 Å². The van der Waals surface area contributed by atoms with Crippen molar-refractivity contribution in [3.63, 3.8) is 0 Å². The molecule has 1 saturated heterocycles. The predicted octanol–water partition coefficient (Wildman–Crippen LogP) is 1.08. The molecule has 0 saturated carbocycles. The molecule has 1 fully saturated rings. The highest BCUT2D eigenvalue weighted by molar-refractivity contribution is 7.18. The molecule has 2 heterocycles. The fraction of sp³-hybridized carbons (Fsp3) is 0.692. The third-order valence-electron chi connectivity index (χ3n) is 3.45. The van der Waals surface area contributed by atoms with Crippen LogP contribution in [0.2, 0.25) is 0 Å². The van der Waals surface area contributed by atoms with Crippen LogP contribution in [0.4, 0.5) is 10.9 Å². The van der Waals surface area contributed by atoms with E-state index in [0.717, 1.165) is 12.8 Å². The lowest BCUT2D eigenvalue weighted by molar-refractivity contribution is 0.0424. The van der Waals surface area contributed by atoms with Crippen molar-refractivity contribution in [1.82, 2.24) is 10.3 Å². The molecule has 1 aromatic rings. The number of thiazole rings is 1. The zero-order valence-electron chi connectivity index (χ0n) is 12.4. The smallest absolute Gasteiger partial charge is 0.265 e. The second-order valence-corrected chi connectivity index (χ2v) is 6.28. The Bertz CT molecular complexity index is 486. The van der Waals surface area contributed by atoms with Gasteiger partial charge in [-0.1, -0.05) is 11.3 Å². The fourth-order valence-corrected chi connectivity index (χ4v) is 2.91. The maximum Gasteiger partial charge on any atom is 0.265 e. The number of ether oxygens (including phenoxy) is 2. The van der Waals surface area contributed by atoms with E-state index in [1.807, 2.05) is 6.92 Å². The molecule has 1 aliphatic rings. The number of anilines is 2. The Morgan fingerprint density at radius 2 is 2.24 bits per heavy atom. The molecule has 0 bridgehead atoms. The molecular formula is C13H22N4O3S. The topological polar surface area (TPSA) is 98.5 Å². The van der Waals surface area contributed by atoms with Crippen molar-refractivity contribution in [3.05, 3.63) is 4.88 Å². The maximum atomic E-state index is 12.4. The molecule has 4 N–H and O–H groups in total. The molecule has 8 heteroatoms. The van der Waals surface area contributed by atoms with Crippen LogP contribution in [0.25, 0.3) is 0 Å². The molecule has 1 aliphatic heterocycles. The molecule has 7 nitrogen and oxygen atoms in total. The number of nitrogens with zero attached hydrogens (tertiary/aromatic N) is 1. The van der Waals surface area contributed by atoms with Crippen LogP contribution in [-0.2, 0) is 9.47 Å². The van der Waals surface area contributed by atoms with E-state index in [0.29, 0.717) is 36.4 Å². The number of nitrogens with two attached hydrogens (primary N) is 1. The van der Waals surface area contributed by atoms with Crippen molar-refractivity contribution in [3.8, 4) is 0 Å². The molecule has 1 amide bonds. The monoisotopic (exact) mass is 314 g/mol. The predicted molar refractivity (Wildman–Crippen MR) is 82.8 cm³/mol. The summed E-state index contributed by atoms with van der Waals surface area (Å²) >= 11 is 1.26. The largest absolute Gasteiger partial charge is 0.383 e. The normalized spacial score (nSPS) is 17.4. The minimum Gasteiger partial charge on any atom is -0.383 e. The summed E-state index contributed by atoms with van der Waals surface area (Å²) in [7, 11) is 1.63. The summed E-state index contributed by atoms with van der Waals surface area (Å²) in [5, 5.41) is 6.76. The van der Waals surface area contributed by atoms with E-state index in [2.05, 4.69) is 15.6 Å². The standard InChI is InChI=1S/C13H22N4O3S/c1-13(3-6-20-7-4-13)17-11(18)9-10(14)16-12(21-9)15-5-8-19-2/h3-8,14H2,1-2H3,(H,15,16)(H,17,18). The Labute approximate surface area is 128 Å². The Kier molecular flexibility index (Phi) is 5.38. The van der Waals surface area contributed by atoms with Crippen molar-refractivity contribution < 1.29 is 14.3 Å². The van der Waals surface area contributed by atoms with Gasteiger partial charge in [0.1, 0.15) is 10.7 Å². The summed E-state index contributed by atoms with van der Waals surface area (Å²) in [5.41, 5.74) is 5.60. The van der Waals surface area contributed by atoms with E-state index >= 15 is 0 Å². The average Bonchev–Trinajstić information content (AvgIpc) is 2.81. The molecule has 0 spiro atoms. The number of carbonyl (C=O) groups is 1. The van der Waals surface area contributed by atoms with Crippen LogP contribution >= 0.6 is 11.3 Å². The number of aromatic nitrogens is 1. The van der Waals surface area contributed by atoms with Gasteiger partial charge in [0.05, 0.1) is 6.61 Å². The molecule has 21 heavy (non-hydrogen) atoms. The summed E-state index contributed by atoms with van der Waals surface area (Å²) < 4.78 is 10.3. The van der Waals surface area contributed by atoms with Gasteiger partial charge in [-0.2, -0.15) is 0 Å². The Morgan fingerprint density at radius 1 is 1.52 bits per heavy atom. The second-order valence-electron chi connectivity index (χ2n) is 5.28. The minimum absolute atomic E-state index is 0.172. The number of hydrogen-bond donors (Lipinski definition) is 3. The van der Waals surface area contributed by atoms with Crippen LogP contribution in [0.15, 0.2) is 0 Å². The summed E-state index contributed by atoms with van der Waals surface area (Å²) in [6.45, 7) is 4.55. The van der Waals surface area contributed by atoms with Gasteiger partial charge < -0.3 is 25.8 Å². The van der Waals surface area contributed by atoms with Crippen molar-refractivity contribution >= 4 is 28.2 Å². The third-order valence-corrected chi connectivity index (χ3v) is 4.48. The Balaban J connectivity index is 1.98. The van der Waals surface area contributed by atoms with E-state index in [-0.39, 0.29) is 17.3 Å². The lowest BCUT2D eigenvalue weighted by Gasteiger charge is -2.34. The molecule has 2 rings (SSSR count). The van der Waals surface area contributed by atoms with Crippen molar-refractivity contribution in [2.24, 2.45) is 0 Å². The summed E-state index contributed by atoms with van der Waals surface area (Å²) in [6, 6.07) is 0. The second kappa shape index (κ2) is 7.06. The van der Waals surface area contributed by atoms with Gasteiger partial charge in [0.15, 0.2) is 5.13 Å². The Morgan fingerprint density at radius 3 is 2.90 bits per heavy atom. The first-order valence-corrected chi connectivity index (χ1v) is 7.75. The highest BCUT2D eigenvalue weighted by atomic mass is 32.1. The van der Waals surface area contributed by atoms with Gasteiger partial charge in [0.25, 0.3) is 5.91 Å². The van der Waals surface area contributed by atoms with E-state index in [4.69, 9.17) is 15.2 Å². The molecule has 1 aromatic heterocycles. The van der Waals surface area contributed by atoms with E-state index in [1.54, 1.807) is 7.11 Å². The first kappa shape index (κ1) is 16.0. The zero-order valence-corrected chi connectivity index (χ0v) is 13.2. The van der Waals surface area contributed by atoms with Gasteiger partial charge in [-0.3, -0.25) is 4.79 Å². The first-order chi connectivity index (χ1) is 10.0. The summed E-state index contributed by atoms with van der Waals surface area (Å²) in [5.74, 6) is 0.0854. The maximum absolute atomic E-state index is 12.4. The van der Waals surface area contributed by atoms with Crippen molar-refractivity contribution in [1.29, 1.82) is 0 Å². The molecular weight excluding hydrogens is 292 g/mol. The quantitative estimate of drug-likeness (QED) is 0.680. The van der Waals surface area contributed by atoms with Gasteiger partial charge in [0.2, 0.25) is 0 Å². The molecule has 118 valence electrons. The summed E-state index contributed by atoms with van der Waals surface area (Å²) in [4.78, 5) is 17.0. The first-order valence-electron chi connectivity index (χ1n) is 6.93. The number of hydrogen-bond acceptors (Lipinski definition) is 7. The van der Waals surface area contributed by atoms with Crippen molar-refractivity contribution in [2.75, 3.05) is 44.5 Å². The minimum atomic E-state index is -0.241. The van der Waals surface area contributed by atoms with Crippen LogP contribution < -0.4 is 16.4 Å². The highest BCUT2D eigenvalue weighted by Crippen LogP contribution is 2.27. The van der Waals surface area contributed by atoms with E-state index < -0.39 is 0 Å². The van der Waals surface area contributed by atoms with Gasteiger partial charge in [0, 0.05) is 32.4 Å². The van der Waals surface area contributed by atoms with Crippen LogP contribution in [0.1, 0.15) is 29.4 Å². The Hall–Kier alpha value is -1.38. The number of carbonyl (C=O) groups excluding carboxylic acids is 1. The number of amides is 1. The summed E-state index contributed by atoms with van der Waals surface area (Å²) in [6.07, 6.45) is 1.60. The number of rotatable bonds is 6. The zero-order chi connectivity index (χ0) is 15.3. The molecule has 0 radical (unpaired) electrons. The van der Waals surface area contributed by atoms with Crippen LogP contribution in [0.5, 0.6) is 0 Å². The van der Waals surface area contributed by atoms with Crippen molar-refractivity contribution in [2.45, 2.75) is 25.3 Å². The van der Waals surface area contributed by atoms with E-state index in [1.165, 1.54) is 11.3 Å². The molecule has 0 unspecified atom stereocenters. The highest BCUT2D eigenvalue weighted by Gasteiger charge is 2.30. The van der Waals surface area contributed by atoms with Gasteiger partial charge >= 0.3 is 0 Å². The van der Waals surface area contributed by atoms with Crippen LogP contribution in [-0.4, -0.2) is 49.9 Å². The lowest BCUT2D eigenvalue weighted by Crippen LogP contribution is -2.49. The van der Waals surface area contributed by atoms with Gasteiger partial charge in [-0.15, -0.1) is 0 Å². The molecule has 0 atom stereocenters. The van der Waals surface area contributed by atoms with Gasteiger partial charge in [-0.05, 0) is 19.8 Å². The van der Waals surface area contributed by atoms with Gasteiger partial charge in [-0.25, -0.2) is 4.98 Å². The fourth-order valence-electron chi connectivity index (χ4n) is 2.11. The SMILES string of the molecule is COCCNc1nc(N)c(C(=O)NC2(C)CCOCC2)s1.